The lowest BCUT2D eigenvalue weighted by molar-refractivity contribution is -0.384. The van der Waals surface area contributed by atoms with Crippen molar-refractivity contribution in [3.8, 4) is 0 Å². The zero-order valence-corrected chi connectivity index (χ0v) is 15.6. The molecule has 0 bridgehead atoms. The van der Waals surface area contributed by atoms with Crippen molar-refractivity contribution in [2.45, 2.75) is 44.7 Å². The third-order valence-electron chi connectivity index (χ3n) is 5.05. The summed E-state index contributed by atoms with van der Waals surface area (Å²) in [4.78, 5) is 25.5. The molecule has 1 aliphatic rings. The molecular formula is C21H25N3O3. The van der Waals surface area contributed by atoms with E-state index in [2.05, 4.69) is 5.32 Å². The second-order valence-electron chi connectivity index (χ2n) is 7.11. The Morgan fingerprint density at radius 2 is 1.85 bits per heavy atom. The molecule has 1 N–H and O–H groups in total. The van der Waals surface area contributed by atoms with Crippen LogP contribution < -0.4 is 10.2 Å². The standard InChI is InChI=1S/C21H25N3O3/c1-23(15-16-8-4-2-5-9-16)19-13-12-17(14-20(19)24(26)27)21(25)22-18-10-6-3-7-11-18/h2,4-5,8-9,12-14,18H,3,6-7,10-11,15H2,1H3,(H,22,25). The molecule has 0 aliphatic heterocycles. The van der Waals surface area contributed by atoms with Gasteiger partial charge in [-0.05, 0) is 30.5 Å². The van der Waals surface area contributed by atoms with Crippen LogP contribution in [0.3, 0.4) is 0 Å². The van der Waals surface area contributed by atoms with Crippen LogP contribution in [0.15, 0.2) is 48.5 Å². The van der Waals surface area contributed by atoms with Crippen LogP contribution in [-0.4, -0.2) is 23.9 Å². The molecule has 2 aromatic rings. The molecule has 0 aromatic heterocycles. The van der Waals surface area contributed by atoms with Gasteiger partial charge in [-0.25, -0.2) is 0 Å². The summed E-state index contributed by atoms with van der Waals surface area (Å²) in [6, 6.07) is 14.7. The minimum Gasteiger partial charge on any atom is -0.365 e. The third-order valence-corrected chi connectivity index (χ3v) is 5.05. The van der Waals surface area contributed by atoms with Gasteiger partial charge in [-0.15, -0.1) is 0 Å². The molecule has 0 atom stereocenters. The highest BCUT2D eigenvalue weighted by Gasteiger charge is 2.22. The lowest BCUT2D eigenvalue weighted by Gasteiger charge is -2.23. The summed E-state index contributed by atoms with van der Waals surface area (Å²) >= 11 is 0. The van der Waals surface area contributed by atoms with E-state index in [9.17, 15) is 14.9 Å². The van der Waals surface area contributed by atoms with Crippen LogP contribution in [0.4, 0.5) is 11.4 Å². The minimum absolute atomic E-state index is 0.0512. The Hall–Kier alpha value is -2.89. The minimum atomic E-state index is -0.422. The van der Waals surface area contributed by atoms with Gasteiger partial charge in [0.15, 0.2) is 0 Å². The number of amides is 1. The van der Waals surface area contributed by atoms with Crippen LogP contribution in [0.2, 0.25) is 0 Å². The van der Waals surface area contributed by atoms with Crippen molar-refractivity contribution >= 4 is 17.3 Å². The number of benzene rings is 2. The molecule has 6 nitrogen and oxygen atoms in total. The fraction of sp³-hybridized carbons (Fsp3) is 0.381. The molecule has 2 aromatic carbocycles. The zero-order chi connectivity index (χ0) is 19.2. The molecule has 1 saturated carbocycles. The summed E-state index contributed by atoms with van der Waals surface area (Å²) in [6.07, 6.45) is 5.40. The van der Waals surface area contributed by atoms with Crippen LogP contribution in [0, 0.1) is 10.1 Å². The smallest absolute Gasteiger partial charge is 0.293 e. The van der Waals surface area contributed by atoms with Gasteiger partial charge in [0.1, 0.15) is 5.69 Å². The number of nitro benzene ring substituents is 1. The first-order chi connectivity index (χ1) is 13.0. The zero-order valence-electron chi connectivity index (χ0n) is 15.6. The van der Waals surface area contributed by atoms with Crippen LogP contribution in [0.1, 0.15) is 48.0 Å². The molecule has 0 spiro atoms. The summed E-state index contributed by atoms with van der Waals surface area (Å²) in [7, 11) is 1.82. The topological polar surface area (TPSA) is 75.5 Å². The fourth-order valence-electron chi connectivity index (χ4n) is 3.59. The third kappa shape index (κ3) is 4.84. The van der Waals surface area contributed by atoms with Crippen molar-refractivity contribution in [1.29, 1.82) is 0 Å². The molecule has 0 saturated heterocycles. The number of rotatable bonds is 6. The second-order valence-corrected chi connectivity index (χ2v) is 7.11. The molecular weight excluding hydrogens is 342 g/mol. The fourth-order valence-corrected chi connectivity index (χ4v) is 3.59. The molecule has 1 amide bonds. The largest absolute Gasteiger partial charge is 0.365 e. The first-order valence-electron chi connectivity index (χ1n) is 9.39. The lowest BCUT2D eigenvalue weighted by atomic mass is 9.95. The molecule has 0 unspecified atom stereocenters. The van der Waals surface area contributed by atoms with Gasteiger partial charge in [0.25, 0.3) is 11.6 Å². The number of hydrogen-bond donors (Lipinski definition) is 1. The number of hydrogen-bond acceptors (Lipinski definition) is 4. The van der Waals surface area contributed by atoms with Crippen LogP contribution >= 0.6 is 0 Å². The van der Waals surface area contributed by atoms with Gasteiger partial charge in [-0.1, -0.05) is 49.6 Å². The summed E-state index contributed by atoms with van der Waals surface area (Å²) in [5, 5.41) is 14.6. The van der Waals surface area contributed by atoms with E-state index in [1.54, 1.807) is 12.1 Å². The van der Waals surface area contributed by atoms with E-state index in [0.717, 1.165) is 31.2 Å². The van der Waals surface area contributed by atoms with Crippen LogP contribution in [-0.2, 0) is 6.54 Å². The molecule has 27 heavy (non-hydrogen) atoms. The van der Waals surface area contributed by atoms with Gasteiger partial charge in [-0.2, -0.15) is 0 Å². The maximum atomic E-state index is 12.5. The first kappa shape index (κ1) is 18.9. The van der Waals surface area contributed by atoms with Gasteiger partial charge in [0, 0.05) is 31.3 Å². The molecule has 1 aliphatic carbocycles. The van der Waals surface area contributed by atoms with E-state index in [0.29, 0.717) is 17.8 Å². The quantitative estimate of drug-likeness (QED) is 0.610. The molecule has 1 fully saturated rings. The van der Waals surface area contributed by atoms with E-state index >= 15 is 0 Å². The van der Waals surface area contributed by atoms with Gasteiger partial charge in [-0.3, -0.25) is 14.9 Å². The number of carbonyl (C=O) groups excluding carboxylic acids is 1. The Balaban J connectivity index is 1.77. The van der Waals surface area contributed by atoms with Crippen LogP contribution in [0.5, 0.6) is 0 Å². The van der Waals surface area contributed by atoms with E-state index in [4.69, 9.17) is 0 Å². The summed E-state index contributed by atoms with van der Waals surface area (Å²) in [5.41, 5.74) is 1.85. The average molecular weight is 367 g/mol. The van der Waals surface area contributed by atoms with E-state index < -0.39 is 4.92 Å². The second kappa shape index (κ2) is 8.66. The normalized spacial score (nSPS) is 14.6. The number of anilines is 1. The van der Waals surface area contributed by atoms with Gasteiger partial charge in [0.05, 0.1) is 4.92 Å². The summed E-state index contributed by atoms with van der Waals surface area (Å²) < 4.78 is 0. The molecule has 0 heterocycles. The number of carbonyl (C=O) groups is 1. The first-order valence-corrected chi connectivity index (χ1v) is 9.39. The van der Waals surface area contributed by atoms with Crippen molar-refractivity contribution in [3.05, 3.63) is 69.8 Å². The van der Waals surface area contributed by atoms with Gasteiger partial charge >= 0.3 is 0 Å². The summed E-state index contributed by atoms with van der Waals surface area (Å²) in [5.74, 6) is -0.234. The average Bonchev–Trinajstić information content (AvgIpc) is 2.69. The van der Waals surface area contributed by atoms with Crippen molar-refractivity contribution in [1.82, 2.24) is 5.32 Å². The Kier molecular flexibility index (Phi) is 6.06. The Morgan fingerprint density at radius 3 is 2.52 bits per heavy atom. The monoisotopic (exact) mass is 367 g/mol. The molecule has 142 valence electrons. The van der Waals surface area contributed by atoms with Gasteiger partial charge < -0.3 is 10.2 Å². The predicted molar refractivity (Wildman–Crippen MR) is 106 cm³/mol. The Labute approximate surface area is 159 Å². The van der Waals surface area contributed by atoms with Crippen LogP contribution in [0.25, 0.3) is 0 Å². The van der Waals surface area contributed by atoms with Crippen molar-refractivity contribution in [2.24, 2.45) is 0 Å². The Morgan fingerprint density at radius 1 is 1.15 bits per heavy atom. The maximum absolute atomic E-state index is 12.5. The molecule has 0 radical (unpaired) electrons. The molecule has 3 rings (SSSR count). The van der Waals surface area contributed by atoms with Crippen molar-refractivity contribution in [2.75, 3.05) is 11.9 Å². The predicted octanol–water partition coefficient (Wildman–Crippen LogP) is 4.29. The molecule has 6 heteroatoms. The van der Waals surface area contributed by atoms with E-state index in [-0.39, 0.29) is 17.6 Å². The lowest BCUT2D eigenvalue weighted by Crippen LogP contribution is -2.36. The Bertz CT molecular complexity index is 802. The highest BCUT2D eigenvalue weighted by molar-refractivity contribution is 5.96. The van der Waals surface area contributed by atoms with Crippen molar-refractivity contribution < 1.29 is 9.72 Å². The SMILES string of the molecule is CN(Cc1ccccc1)c1ccc(C(=O)NC2CCCCC2)cc1[N+](=O)[O-]. The van der Waals surface area contributed by atoms with E-state index in [1.807, 2.05) is 42.3 Å². The van der Waals surface area contributed by atoms with Gasteiger partial charge in [0.2, 0.25) is 0 Å². The van der Waals surface area contributed by atoms with Crippen molar-refractivity contribution in [3.63, 3.8) is 0 Å². The highest BCUT2D eigenvalue weighted by Crippen LogP contribution is 2.30. The maximum Gasteiger partial charge on any atom is 0.293 e. The summed E-state index contributed by atoms with van der Waals surface area (Å²) in [6.45, 7) is 0.551. The number of nitrogens with zero attached hydrogens (tertiary/aromatic N) is 2. The number of nitrogens with one attached hydrogen (secondary N) is 1. The van der Waals surface area contributed by atoms with E-state index in [1.165, 1.54) is 12.5 Å². The highest BCUT2D eigenvalue weighted by atomic mass is 16.6. The number of nitro groups is 1.